The lowest BCUT2D eigenvalue weighted by Gasteiger charge is -2.20. The highest BCUT2D eigenvalue weighted by molar-refractivity contribution is 5.86. The Morgan fingerprint density at radius 2 is 2.05 bits per heavy atom. The molecule has 0 spiro atoms. The van der Waals surface area contributed by atoms with Gasteiger partial charge in [0.15, 0.2) is 0 Å². The number of anilines is 1. The van der Waals surface area contributed by atoms with Crippen LogP contribution in [-0.2, 0) is 4.74 Å². The van der Waals surface area contributed by atoms with Gasteiger partial charge in [0.2, 0.25) is 0 Å². The second-order valence-electron chi connectivity index (χ2n) is 5.68. The average molecular weight is 292 g/mol. The van der Waals surface area contributed by atoms with Gasteiger partial charge in [-0.25, -0.2) is 4.79 Å². The monoisotopic (exact) mass is 292 g/mol. The molecule has 1 aromatic carbocycles. The number of nitrogens with two attached hydrogens (primary N) is 1. The molecule has 0 heterocycles. The molecule has 1 amide bonds. The summed E-state index contributed by atoms with van der Waals surface area (Å²) in [6.07, 6.45) is 0.188. The first-order valence-corrected chi connectivity index (χ1v) is 6.83. The summed E-state index contributed by atoms with van der Waals surface area (Å²) >= 11 is 0. The summed E-state index contributed by atoms with van der Waals surface area (Å²) in [4.78, 5) is 11.7. The highest BCUT2D eigenvalue weighted by atomic mass is 16.6. The van der Waals surface area contributed by atoms with Crippen LogP contribution in [-0.4, -0.2) is 25.3 Å². The zero-order valence-electron chi connectivity index (χ0n) is 13.2. The molecule has 0 aromatic heterocycles. The van der Waals surface area contributed by atoms with E-state index < -0.39 is 11.7 Å². The molecule has 0 bridgehead atoms. The van der Waals surface area contributed by atoms with E-state index in [4.69, 9.17) is 15.2 Å². The minimum absolute atomic E-state index is 0.502. The number of carbonyl (C=O) groups excluding carboxylic acids is 1. The molecule has 5 nitrogen and oxygen atoms in total. The standard InChI is InChI=1S/C16H24N2O3/c1-11(8-9-17)13-7-6-12(10-14(13)20-5)18-15(19)21-16(2,3)4/h6-7,10H,1,8-9,17H2,2-5H3,(H,18,19). The fourth-order valence-electron chi connectivity index (χ4n) is 1.79. The Labute approximate surface area is 126 Å². The van der Waals surface area contributed by atoms with Crippen LogP contribution >= 0.6 is 0 Å². The van der Waals surface area contributed by atoms with Crippen LogP contribution in [0.5, 0.6) is 5.75 Å². The van der Waals surface area contributed by atoms with E-state index in [0.29, 0.717) is 24.4 Å². The van der Waals surface area contributed by atoms with Crippen LogP contribution in [0.15, 0.2) is 24.8 Å². The van der Waals surface area contributed by atoms with Gasteiger partial charge in [-0.3, -0.25) is 5.32 Å². The van der Waals surface area contributed by atoms with E-state index in [-0.39, 0.29) is 0 Å². The number of amides is 1. The van der Waals surface area contributed by atoms with E-state index in [1.807, 2.05) is 26.8 Å². The zero-order valence-corrected chi connectivity index (χ0v) is 13.2. The van der Waals surface area contributed by atoms with Crippen LogP contribution in [0.3, 0.4) is 0 Å². The second-order valence-corrected chi connectivity index (χ2v) is 5.68. The molecule has 0 saturated heterocycles. The van der Waals surface area contributed by atoms with Crippen LogP contribution in [0.4, 0.5) is 10.5 Å². The van der Waals surface area contributed by atoms with Crippen molar-refractivity contribution in [1.29, 1.82) is 0 Å². The smallest absolute Gasteiger partial charge is 0.412 e. The van der Waals surface area contributed by atoms with Crippen molar-refractivity contribution in [3.8, 4) is 5.75 Å². The number of nitrogens with one attached hydrogen (secondary N) is 1. The molecular formula is C16H24N2O3. The summed E-state index contributed by atoms with van der Waals surface area (Å²) in [6, 6.07) is 5.37. The van der Waals surface area contributed by atoms with Crippen molar-refractivity contribution in [1.82, 2.24) is 0 Å². The molecule has 1 rings (SSSR count). The van der Waals surface area contributed by atoms with E-state index in [1.165, 1.54) is 0 Å². The van der Waals surface area contributed by atoms with Crippen LogP contribution in [0.1, 0.15) is 32.8 Å². The van der Waals surface area contributed by atoms with Gasteiger partial charge in [0.25, 0.3) is 0 Å². The van der Waals surface area contributed by atoms with Crippen molar-refractivity contribution in [3.05, 3.63) is 30.3 Å². The third-order valence-electron chi connectivity index (χ3n) is 2.67. The summed E-state index contributed by atoms with van der Waals surface area (Å²) in [5.74, 6) is 0.641. The molecule has 1 aromatic rings. The van der Waals surface area contributed by atoms with Crippen molar-refractivity contribution in [3.63, 3.8) is 0 Å². The van der Waals surface area contributed by atoms with E-state index in [0.717, 1.165) is 11.1 Å². The van der Waals surface area contributed by atoms with E-state index >= 15 is 0 Å². The number of rotatable bonds is 5. The first-order chi connectivity index (χ1) is 9.76. The highest BCUT2D eigenvalue weighted by Gasteiger charge is 2.17. The van der Waals surface area contributed by atoms with Gasteiger partial charge in [0, 0.05) is 17.3 Å². The van der Waals surface area contributed by atoms with E-state index in [2.05, 4.69) is 11.9 Å². The summed E-state index contributed by atoms with van der Waals surface area (Å²) in [5, 5.41) is 2.68. The third kappa shape index (κ3) is 5.47. The van der Waals surface area contributed by atoms with Crippen LogP contribution in [0, 0.1) is 0 Å². The SMILES string of the molecule is C=C(CCN)c1ccc(NC(=O)OC(C)(C)C)cc1OC. The number of benzene rings is 1. The number of hydrogen-bond donors (Lipinski definition) is 2. The van der Waals surface area contributed by atoms with Gasteiger partial charge in [-0.15, -0.1) is 0 Å². The molecule has 0 unspecified atom stereocenters. The molecule has 5 heteroatoms. The van der Waals surface area contributed by atoms with Crippen LogP contribution in [0.2, 0.25) is 0 Å². The molecule has 0 aliphatic carbocycles. The number of carbonyl (C=O) groups is 1. The van der Waals surface area contributed by atoms with Gasteiger partial charge in [0.1, 0.15) is 11.4 Å². The van der Waals surface area contributed by atoms with Gasteiger partial charge in [-0.2, -0.15) is 0 Å². The van der Waals surface area contributed by atoms with Gasteiger partial charge in [-0.05, 0) is 51.4 Å². The minimum atomic E-state index is -0.538. The highest BCUT2D eigenvalue weighted by Crippen LogP contribution is 2.29. The van der Waals surface area contributed by atoms with Crippen molar-refractivity contribution >= 4 is 17.4 Å². The number of hydrogen-bond acceptors (Lipinski definition) is 4. The van der Waals surface area contributed by atoms with Crippen molar-refractivity contribution < 1.29 is 14.3 Å². The fourth-order valence-corrected chi connectivity index (χ4v) is 1.79. The third-order valence-corrected chi connectivity index (χ3v) is 2.67. The molecule has 0 saturated carbocycles. The molecule has 0 fully saturated rings. The Balaban J connectivity index is 2.87. The second kappa shape index (κ2) is 7.13. The van der Waals surface area contributed by atoms with Gasteiger partial charge >= 0.3 is 6.09 Å². The minimum Gasteiger partial charge on any atom is -0.496 e. The zero-order chi connectivity index (χ0) is 16.0. The maximum Gasteiger partial charge on any atom is 0.412 e. The van der Waals surface area contributed by atoms with E-state index in [1.54, 1.807) is 19.2 Å². The van der Waals surface area contributed by atoms with Crippen molar-refractivity contribution in [2.75, 3.05) is 19.0 Å². The van der Waals surface area contributed by atoms with E-state index in [9.17, 15) is 4.79 Å². The predicted molar refractivity (Wildman–Crippen MR) is 85.6 cm³/mol. The molecule has 0 aliphatic rings. The average Bonchev–Trinajstić information content (AvgIpc) is 2.36. The van der Waals surface area contributed by atoms with Gasteiger partial charge in [0.05, 0.1) is 7.11 Å². The number of methoxy groups -OCH3 is 1. The van der Waals surface area contributed by atoms with Crippen molar-refractivity contribution in [2.24, 2.45) is 5.73 Å². The maximum absolute atomic E-state index is 11.7. The first-order valence-electron chi connectivity index (χ1n) is 6.83. The van der Waals surface area contributed by atoms with Crippen molar-refractivity contribution in [2.45, 2.75) is 32.8 Å². The van der Waals surface area contributed by atoms with Crippen LogP contribution in [0.25, 0.3) is 5.57 Å². The first kappa shape index (κ1) is 17.0. The molecule has 0 radical (unpaired) electrons. The number of ether oxygens (including phenoxy) is 2. The fraction of sp³-hybridized carbons (Fsp3) is 0.438. The molecule has 0 aliphatic heterocycles. The Kier molecular flexibility index (Phi) is 5.79. The quantitative estimate of drug-likeness (QED) is 0.872. The lowest BCUT2D eigenvalue weighted by molar-refractivity contribution is 0.0636. The predicted octanol–water partition coefficient (Wildman–Crippen LogP) is 3.40. The Bertz CT molecular complexity index is 519. The summed E-state index contributed by atoms with van der Waals surface area (Å²) < 4.78 is 10.5. The summed E-state index contributed by atoms with van der Waals surface area (Å²) in [7, 11) is 1.58. The van der Waals surface area contributed by atoms with Gasteiger partial charge < -0.3 is 15.2 Å². The lowest BCUT2D eigenvalue weighted by atomic mass is 10.0. The molecule has 0 atom stereocenters. The lowest BCUT2D eigenvalue weighted by Crippen LogP contribution is -2.27. The summed E-state index contributed by atoms with van der Waals surface area (Å²) in [6.45, 7) is 9.96. The summed E-state index contributed by atoms with van der Waals surface area (Å²) in [5.41, 5.74) is 7.39. The Morgan fingerprint density at radius 1 is 1.38 bits per heavy atom. The molecule has 116 valence electrons. The molecule has 21 heavy (non-hydrogen) atoms. The topological polar surface area (TPSA) is 73.6 Å². The van der Waals surface area contributed by atoms with Crippen LogP contribution < -0.4 is 15.8 Å². The molecule has 3 N–H and O–H groups in total. The largest absolute Gasteiger partial charge is 0.496 e. The Morgan fingerprint density at radius 3 is 2.57 bits per heavy atom. The maximum atomic E-state index is 11.7. The Hall–Kier alpha value is -2.01. The molecular weight excluding hydrogens is 268 g/mol. The normalized spacial score (nSPS) is 10.9. The van der Waals surface area contributed by atoms with Gasteiger partial charge in [-0.1, -0.05) is 6.58 Å².